The van der Waals surface area contributed by atoms with Gasteiger partial charge in [-0.25, -0.2) is 0 Å². The SMILES string of the molecule is O=C(N[C@H]1CCCNC1)c1cc2cc(Cl)ccc2o1. The highest BCUT2D eigenvalue weighted by Gasteiger charge is 2.18. The Kier molecular flexibility index (Phi) is 3.44. The molecule has 0 bridgehead atoms. The monoisotopic (exact) mass is 278 g/mol. The molecule has 3 rings (SSSR count). The quantitative estimate of drug-likeness (QED) is 0.888. The molecule has 19 heavy (non-hydrogen) atoms. The Bertz CT molecular complexity index is 603. The van der Waals surface area contributed by atoms with Crippen LogP contribution in [0.1, 0.15) is 23.4 Å². The first kappa shape index (κ1) is 12.5. The van der Waals surface area contributed by atoms with Gasteiger partial charge in [0.2, 0.25) is 0 Å². The van der Waals surface area contributed by atoms with E-state index in [2.05, 4.69) is 10.6 Å². The first-order valence-corrected chi connectivity index (χ1v) is 6.81. The molecular weight excluding hydrogens is 264 g/mol. The van der Waals surface area contributed by atoms with Gasteiger partial charge in [0.15, 0.2) is 5.76 Å². The minimum Gasteiger partial charge on any atom is -0.451 e. The van der Waals surface area contributed by atoms with Crippen LogP contribution in [0.3, 0.4) is 0 Å². The number of benzene rings is 1. The number of hydrogen-bond donors (Lipinski definition) is 2. The molecule has 100 valence electrons. The zero-order valence-electron chi connectivity index (χ0n) is 10.4. The molecule has 1 fully saturated rings. The van der Waals surface area contributed by atoms with Crippen molar-refractivity contribution in [2.45, 2.75) is 18.9 Å². The summed E-state index contributed by atoms with van der Waals surface area (Å²) in [6.07, 6.45) is 2.09. The lowest BCUT2D eigenvalue weighted by molar-refractivity contribution is 0.0905. The van der Waals surface area contributed by atoms with Crippen LogP contribution in [0.4, 0.5) is 0 Å². The maximum atomic E-state index is 12.1. The Labute approximate surface area is 116 Å². The van der Waals surface area contributed by atoms with E-state index >= 15 is 0 Å². The van der Waals surface area contributed by atoms with E-state index in [4.69, 9.17) is 16.0 Å². The van der Waals surface area contributed by atoms with E-state index < -0.39 is 0 Å². The number of fused-ring (bicyclic) bond motifs is 1. The molecule has 0 saturated carbocycles. The molecule has 1 saturated heterocycles. The maximum Gasteiger partial charge on any atom is 0.287 e. The van der Waals surface area contributed by atoms with E-state index in [0.717, 1.165) is 31.3 Å². The van der Waals surface area contributed by atoms with Gasteiger partial charge >= 0.3 is 0 Å². The molecule has 2 aromatic rings. The number of piperidine rings is 1. The maximum absolute atomic E-state index is 12.1. The van der Waals surface area contributed by atoms with E-state index in [1.54, 1.807) is 24.3 Å². The van der Waals surface area contributed by atoms with Crippen LogP contribution in [-0.4, -0.2) is 25.0 Å². The van der Waals surface area contributed by atoms with Crippen LogP contribution in [0.15, 0.2) is 28.7 Å². The molecule has 1 aromatic carbocycles. The number of rotatable bonds is 2. The molecule has 1 atom stereocenters. The first-order chi connectivity index (χ1) is 9.22. The van der Waals surface area contributed by atoms with E-state index in [-0.39, 0.29) is 11.9 Å². The zero-order chi connectivity index (χ0) is 13.2. The van der Waals surface area contributed by atoms with Crippen molar-refractivity contribution >= 4 is 28.5 Å². The van der Waals surface area contributed by atoms with Crippen molar-refractivity contribution in [2.75, 3.05) is 13.1 Å². The summed E-state index contributed by atoms with van der Waals surface area (Å²) in [5.41, 5.74) is 0.677. The third-order valence-electron chi connectivity index (χ3n) is 3.33. The summed E-state index contributed by atoms with van der Waals surface area (Å²) >= 11 is 5.91. The van der Waals surface area contributed by atoms with Crippen LogP contribution in [0.2, 0.25) is 5.02 Å². The molecule has 1 aromatic heterocycles. The molecule has 0 radical (unpaired) electrons. The summed E-state index contributed by atoms with van der Waals surface area (Å²) in [5.74, 6) is 0.170. The Morgan fingerprint density at radius 1 is 1.42 bits per heavy atom. The fraction of sp³-hybridized carbons (Fsp3) is 0.357. The lowest BCUT2D eigenvalue weighted by atomic mass is 10.1. The molecular formula is C14H15ClN2O2. The highest BCUT2D eigenvalue weighted by molar-refractivity contribution is 6.31. The minimum atomic E-state index is -0.166. The van der Waals surface area contributed by atoms with Gasteiger partial charge in [-0.05, 0) is 43.7 Å². The number of carbonyl (C=O) groups is 1. The molecule has 1 amide bonds. The average molecular weight is 279 g/mol. The number of halogens is 1. The fourth-order valence-corrected chi connectivity index (χ4v) is 2.54. The fourth-order valence-electron chi connectivity index (χ4n) is 2.36. The Morgan fingerprint density at radius 2 is 2.32 bits per heavy atom. The van der Waals surface area contributed by atoms with Gasteiger partial charge in [-0.15, -0.1) is 0 Å². The van der Waals surface area contributed by atoms with Crippen molar-refractivity contribution in [2.24, 2.45) is 0 Å². The van der Waals surface area contributed by atoms with Crippen LogP contribution < -0.4 is 10.6 Å². The molecule has 2 heterocycles. The lowest BCUT2D eigenvalue weighted by Gasteiger charge is -2.23. The highest BCUT2D eigenvalue weighted by atomic mass is 35.5. The van der Waals surface area contributed by atoms with Crippen molar-refractivity contribution in [3.05, 3.63) is 35.0 Å². The van der Waals surface area contributed by atoms with E-state index in [9.17, 15) is 4.79 Å². The molecule has 4 nitrogen and oxygen atoms in total. The largest absolute Gasteiger partial charge is 0.451 e. The van der Waals surface area contributed by atoms with Gasteiger partial charge in [0, 0.05) is 23.0 Å². The van der Waals surface area contributed by atoms with E-state index in [1.807, 2.05) is 0 Å². The summed E-state index contributed by atoms with van der Waals surface area (Å²) in [7, 11) is 0. The predicted octanol–water partition coefficient (Wildman–Crippen LogP) is 2.57. The van der Waals surface area contributed by atoms with Crippen molar-refractivity contribution < 1.29 is 9.21 Å². The van der Waals surface area contributed by atoms with Crippen LogP contribution in [0.5, 0.6) is 0 Å². The third-order valence-corrected chi connectivity index (χ3v) is 3.57. The van der Waals surface area contributed by atoms with Crippen molar-refractivity contribution in [3.8, 4) is 0 Å². The second-order valence-corrected chi connectivity index (χ2v) is 5.25. The van der Waals surface area contributed by atoms with Crippen LogP contribution >= 0.6 is 11.6 Å². The summed E-state index contributed by atoms with van der Waals surface area (Å²) in [6.45, 7) is 1.84. The van der Waals surface area contributed by atoms with Gasteiger partial charge in [0.1, 0.15) is 5.58 Å². The molecule has 1 aliphatic rings. The summed E-state index contributed by atoms with van der Waals surface area (Å²) < 4.78 is 5.54. The average Bonchev–Trinajstić information content (AvgIpc) is 2.83. The molecule has 0 unspecified atom stereocenters. The van der Waals surface area contributed by atoms with Crippen LogP contribution in [0.25, 0.3) is 11.0 Å². The normalized spacial score (nSPS) is 19.5. The molecule has 2 N–H and O–H groups in total. The van der Waals surface area contributed by atoms with Gasteiger partial charge in [-0.2, -0.15) is 0 Å². The standard InChI is InChI=1S/C14H15ClN2O2/c15-10-3-4-12-9(6-10)7-13(19-12)14(18)17-11-2-1-5-16-8-11/h3-4,6-7,11,16H,1-2,5,8H2,(H,17,18)/t11-/m0/s1. The van der Waals surface area contributed by atoms with Gasteiger partial charge in [-0.1, -0.05) is 11.6 Å². The first-order valence-electron chi connectivity index (χ1n) is 6.43. The van der Waals surface area contributed by atoms with Gasteiger partial charge in [0.05, 0.1) is 0 Å². The number of carbonyl (C=O) groups excluding carboxylic acids is 1. The Morgan fingerprint density at radius 3 is 3.11 bits per heavy atom. The van der Waals surface area contributed by atoms with Crippen molar-refractivity contribution in [1.82, 2.24) is 10.6 Å². The zero-order valence-corrected chi connectivity index (χ0v) is 11.2. The number of amides is 1. The van der Waals surface area contributed by atoms with E-state index in [0.29, 0.717) is 16.4 Å². The van der Waals surface area contributed by atoms with Crippen LogP contribution in [0, 0.1) is 0 Å². The molecule has 1 aliphatic heterocycles. The number of nitrogens with one attached hydrogen (secondary N) is 2. The second-order valence-electron chi connectivity index (χ2n) is 4.81. The Hall–Kier alpha value is -1.52. The smallest absolute Gasteiger partial charge is 0.287 e. The number of furan rings is 1. The van der Waals surface area contributed by atoms with Crippen molar-refractivity contribution in [1.29, 1.82) is 0 Å². The van der Waals surface area contributed by atoms with E-state index in [1.165, 1.54) is 0 Å². The molecule has 5 heteroatoms. The second kappa shape index (κ2) is 5.23. The Balaban J connectivity index is 1.77. The third kappa shape index (κ3) is 2.74. The number of hydrogen-bond acceptors (Lipinski definition) is 3. The minimum absolute atomic E-state index is 0.166. The summed E-state index contributed by atoms with van der Waals surface area (Å²) in [6, 6.07) is 7.22. The molecule has 0 spiro atoms. The lowest BCUT2D eigenvalue weighted by Crippen LogP contribution is -2.45. The summed E-state index contributed by atoms with van der Waals surface area (Å²) in [4.78, 5) is 12.1. The van der Waals surface area contributed by atoms with Gasteiger partial charge in [-0.3, -0.25) is 4.79 Å². The topological polar surface area (TPSA) is 54.3 Å². The van der Waals surface area contributed by atoms with Crippen molar-refractivity contribution in [3.63, 3.8) is 0 Å². The molecule has 0 aliphatic carbocycles. The predicted molar refractivity (Wildman–Crippen MR) is 74.6 cm³/mol. The van der Waals surface area contributed by atoms with Gasteiger partial charge in [0.25, 0.3) is 5.91 Å². The highest BCUT2D eigenvalue weighted by Crippen LogP contribution is 2.23. The summed E-state index contributed by atoms with van der Waals surface area (Å²) in [5, 5.41) is 7.73. The van der Waals surface area contributed by atoms with Crippen LogP contribution in [-0.2, 0) is 0 Å². The van der Waals surface area contributed by atoms with Gasteiger partial charge < -0.3 is 15.1 Å².